The Morgan fingerprint density at radius 2 is 2.13 bits per heavy atom. The average Bonchev–Trinajstić information content (AvgIpc) is 3.15. The standard InChI is InChI=1S/C17H24N4O2/c1-10(17(2,3)23)20-16(22)12-8-18-15-14(12)21-13(9-19-15)11-6-4-5-7-11/h8-11,23H,4-7H2,1-3H3,(H,18,19)(H,20,22)/t10-/m0/s1. The number of carbonyl (C=O) groups is 1. The number of aliphatic hydroxyl groups is 1. The Hall–Kier alpha value is -1.95. The molecule has 0 aliphatic heterocycles. The van der Waals surface area contributed by atoms with Crippen molar-refractivity contribution >= 4 is 17.1 Å². The van der Waals surface area contributed by atoms with E-state index in [9.17, 15) is 9.90 Å². The molecule has 2 aromatic heterocycles. The summed E-state index contributed by atoms with van der Waals surface area (Å²) in [5, 5.41) is 12.8. The number of nitrogens with one attached hydrogen (secondary N) is 2. The molecule has 2 heterocycles. The number of nitrogens with zero attached hydrogens (tertiary/aromatic N) is 2. The van der Waals surface area contributed by atoms with Gasteiger partial charge in [0, 0.05) is 12.1 Å². The van der Waals surface area contributed by atoms with Crippen LogP contribution >= 0.6 is 0 Å². The van der Waals surface area contributed by atoms with Gasteiger partial charge in [-0.3, -0.25) is 4.79 Å². The van der Waals surface area contributed by atoms with E-state index in [-0.39, 0.29) is 11.9 Å². The summed E-state index contributed by atoms with van der Waals surface area (Å²) in [5.41, 5.74) is 1.69. The highest BCUT2D eigenvalue weighted by atomic mass is 16.3. The Morgan fingerprint density at radius 1 is 1.43 bits per heavy atom. The maximum atomic E-state index is 12.5. The van der Waals surface area contributed by atoms with Crippen LogP contribution in [-0.2, 0) is 0 Å². The quantitative estimate of drug-likeness (QED) is 0.808. The summed E-state index contributed by atoms with van der Waals surface area (Å²) in [7, 11) is 0. The van der Waals surface area contributed by atoms with Crippen molar-refractivity contribution in [3.8, 4) is 0 Å². The van der Waals surface area contributed by atoms with Crippen LogP contribution in [0.2, 0.25) is 0 Å². The fraction of sp³-hybridized carbons (Fsp3) is 0.588. The van der Waals surface area contributed by atoms with E-state index in [0.29, 0.717) is 22.6 Å². The summed E-state index contributed by atoms with van der Waals surface area (Å²) in [5.74, 6) is 0.205. The van der Waals surface area contributed by atoms with Crippen molar-refractivity contribution in [1.82, 2.24) is 20.3 Å². The molecule has 0 saturated heterocycles. The smallest absolute Gasteiger partial charge is 0.255 e. The highest BCUT2D eigenvalue weighted by Gasteiger charge is 2.26. The van der Waals surface area contributed by atoms with Gasteiger partial charge in [-0.25, -0.2) is 9.97 Å². The first-order valence-corrected chi connectivity index (χ1v) is 8.23. The maximum Gasteiger partial charge on any atom is 0.255 e. The molecule has 2 aromatic rings. The van der Waals surface area contributed by atoms with Crippen LogP contribution in [0, 0.1) is 0 Å². The predicted octanol–water partition coefficient (Wildman–Crippen LogP) is 2.50. The molecule has 6 heteroatoms. The molecule has 3 N–H and O–H groups in total. The maximum absolute atomic E-state index is 12.5. The normalized spacial score (nSPS) is 17.6. The zero-order valence-corrected chi connectivity index (χ0v) is 13.9. The second-order valence-electron chi connectivity index (χ2n) is 7.02. The van der Waals surface area contributed by atoms with Crippen LogP contribution in [0.25, 0.3) is 11.2 Å². The van der Waals surface area contributed by atoms with Gasteiger partial charge in [0.05, 0.1) is 29.1 Å². The first-order valence-electron chi connectivity index (χ1n) is 8.23. The van der Waals surface area contributed by atoms with Gasteiger partial charge in [0.25, 0.3) is 5.91 Å². The van der Waals surface area contributed by atoms with Crippen molar-refractivity contribution in [2.45, 2.75) is 64.0 Å². The third-order valence-electron chi connectivity index (χ3n) is 4.82. The lowest BCUT2D eigenvalue weighted by Crippen LogP contribution is -2.47. The fourth-order valence-electron chi connectivity index (χ4n) is 2.95. The lowest BCUT2D eigenvalue weighted by Gasteiger charge is -2.26. The number of hydrogen-bond donors (Lipinski definition) is 3. The predicted molar refractivity (Wildman–Crippen MR) is 88.3 cm³/mol. The fourth-order valence-corrected chi connectivity index (χ4v) is 2.95. The van der Waals surface area contributed by atoms with E-state index in [2.05, 4.69) is 15.3 Å². The third kappa shape index (κ3) is 3.22. The van der Waals surface area contributed by atoms with E-state index in [1.54, 1.807) is 27.0 Å². The molecule has 1 amide bonds. The van der Waals surface area contributed by atoms with E-state index in [1.165, 1.54) is 12.8 Å². The van der Waals surface area contributed by atoms with Gasteiger partial charge < -0.3 is 15.4 Å². The van der Waals surface area contributed by atoms with E-state index in [1.807, 2.05) is 6.20 Å². The number of aromatic amines is 1. The summed E-state index contributed by atoms with van der Waals surface area (Å²) >= 11 is 0. The molecule has 0 radical (unpaired) electrons. The van der Waals surface area contributed by atoms with Crippen molar-refractivity contribution in [1.29, 1.82) is 0 Å². The minimum absolute atomic E-state index is 0.247. The highest BCUT2D eigenvalue weighted by Crippen LogP contribution is 2.33. The van der Waals surface area contributed by atoms with Crippen LogP contribution in [0.3, 0.4) is 0 Å². The van der Waals surface area contributed by atoms with Crippen LogP contribution in [0.1, 0.15) is 68.4 Å². The first-order chi connectivity index (χ1) is 10.9. The molecule has 1 atom stereocenters. The molecule has 1 saturated carbocycles. The topological polar surface area (TPSA) is 90.9 Å². The van der Waals surface area contributed by atoms with E-state index < -0.39 is 5.60 Å². The van der Waals surface area contributed by atoms with E-state index in [4.69, 9.17) is 4.98 Å². The van der Waals surface area contributed by atoms with Crippen LogP contribution in [0.5, 0.6) is 0 Å². The lowest BCUT2D eigenvalue weighted by atomic mass is 10.0. The van der Waals surface area contributed by atoms with Gasteiger partial charge in [0.2, 0.25) is 0 Å². The molecular formula is C17H24N4O2. The van der Waals surface area contributed by atoms with Gasteiger partial charge in [-0.05, 0) is 33.6 Å². The first kappa shape index (κ1) is 15.9. The Morgan fingerprint density at radius 3 is 2.78 bits per heavy atom. The molecule has 3 rings (SSSR count). The van der Waals surface area contributed by atoms with Gasteiger partial charge in [-0.2, -0.15) is 0 Å². The minimum Gasteiger partial charge on any atom is -0.388 e. The Kier molecular flexibility index (Phi) is 4.10. The molecule has 0 unspecified atom stereocenters. The van der Waals surface area contributed by atoms with Crippen LogP contribution in [-0.4, -0.2) is 37.6 Å². The molecule has 1 aliphatic carbocycles. The van der Waals surface area contributed by atoms with Crippen molar-refractivity contribution in [3.63, 3.8) is 0 Å². The van der Waals surface area contributed by atoms with Crippen LogP contribution < -0.4 is 5.32 Å². The monoisotopic (exact) mass is 316 g/mol. The number of aromatic nitrogens is 3. The second-order valence-corrected chi connectivity index (χ2v) is 7.02. The molecule has 23 heavy (non-hydrogen) atoms. The Labute approximate surface area is 135 Å². The molecule has 0 bridgehead atoms. The summed E-state index contributed by atoms with van der Waals surface area (Å²) in [6, 6.07) is -0.370. The lowest BCUT2D eigenvalue weighted by molar-refractivity contribution is 0.0409. The number of fused-ring (bicyclic) bond motifs is 1. The van der Waals surface area contributed by atoms with Crippen molar-refractivity contribution in [2.75, 3.05) is 0 Å². The molecular weight excluding hydrogens is 292 g/mol. The third-order valence-corrected chi connectivity index (χ3v) is 4.82. The number of rotatable bonds is 4. The highest BCUT2D eigenvalue weighted by molar-refractivity contribution is 6.04. The van der Waals surface area contributed by atoms with Gasteiger partial charge in [0.1, 0.15) is 5.52 Å². The van der Waals surface area contributed by atoms with Gasteiger partial charge >= 0.3 is 0 Å². The van der Waals surface area contributed by atoms with Crippen LogP contribution in [0.4, 0.5) is 0 Å². The van der Waals surface area contributed by atoms with Crippen molar-refractivity contribution in [2.24, 2.45) is 0 Å². The van der Waals surface area contributed by atoms with Crippen molar-refractivity contribution in [3.05, 3.63) is 23.7 Å². The molecule has 124 valence electrons. The van der Waals surface area contributed by atoms with Gasteiger partial charge in [0.15, 0.2) is 5.65 Å². The zero-order valence-electron chi connectivity index (χ0n) is 13.9. The average molecular weight is 316 g/mol. The number of hydrogen-bond acceptors (Lipinski definition) is 4. The second kappa shape index (κ2) is 5.92. The van der Waals surface area contributed by atoms with Gasteiger partial charge in [-0.1, -0.05) is 12.8 Å². The Bertz CT molecular complexity index is 711. The summed E-state index contributed by atoms with van der Waals surface area (Å²) in [6.45, 7) is 5.12. The minimum atomic E-state index is -0.984. The van der Waals surface area contributed by atoms with Crippen LogP contribution in [0.15, 0.2) is 12.4 Å². The molecule has 6 nitrogen and oxygen atoms in total. The summed E-state index contributed by atoms with van der Waals surface area (Å²) < 4.78 is 0. The molecule has 1 aliphatic rings. The summed E-state index contributed by atoms with van der Waals surface area (Å²) in [4.78, 5) is 24.6. The molecule has 0 spiro atoms. The SMILES string of the molecule is C[C@H](NC(=O)c1c[nH]c2ncc(C3CCCC3)nc12)C(C)(C)O. The number of amides is 1. The largest absolute Gasteiger partial charge is 0.388 e. The Balaban J connectivity index is 1.88. The molecule has 0 aromatic carbocycles. The van der Waals surface area contributed by atoms with E-state index in [0.717, 1.165) is 18.5 Å². The summed E-state index contributed by atoms with van der Waals surface area (Å²) in [6.07, 6.45) is 8.19. The van der Waals surface area contributed by atoms with Crippen molar-refractivity contribution < 1.29 is 9.90 Å². The van der Waals surface area contributed by atoms with Gasteiger partial charge in [-0.15, -0.1) is 0 Å². The van der Waals surface area contributed by atoms with E-state index >= 15 is 0 Å². The molecule has 1 fully saturated rings. The number of carbonyl (C=O) groups excluding carboxylic acids is 1. The zero-order chi connectivity index (χ0) is 16.6. The number of H-pyrrole nitrogens is 1.